The number of aryl methyl sites for hydroxylation is 1. The van der Waals surface area contributed by atoms with Crippen molar-refractivity contribution in [3.63, 3.8) is 0 Å². The maximum atomic E-state index is 17.1. The molecule has 0 aliphatic carbocycles. The van der Waals surface area contributed by atoms with Gasteiger partial charge in [-0.1, -0.05) is 0 Å². The molecule has 3 aromatic carbocycles. The van der Waals surface area contributed by atoms with Crippen molar-refractivity contribution in [2.75, 3.05) is 0 Å². The Morgan fingerprint density at radius 1 is 0.667 bits per heavy atom. The van der Waals surface area contributed by atoms with Crippen molar-refractivity contribution in [1.82, 2.24) is 0 Å². The summed E-state index contributed by atoms with van der Waals surface area (Å²) in [5.74, 6) is 0. The van der Waals surface area contributed by atoms with Crippen molar-refractivity contribution in [3.05, 3.63) is 89.5 Å². The van der Waals surface area contributed by atoms with Crippen molar-refractivity contribution in [3.8, 4) is 0 Å². The molecule has 0 spiro atoms. The Morgan fingerprint density at radius 2 is 1.11 bits per heavy atom. The summed E-state index contributed by atoms with van der Waals surface area (Å²) in [5.41, 5.74) is 2.83. The molecule has 3 rings (SSSR count). The van der Waals surface area contributed by atoms with Gasteiger partial charge in [0, 0.05) is 0 Å². The van der Waals surface area contributed by atoms with Crippen LogP contribution in [0.1, 0.15) is 37.5 Å². The second-order valence-electron chi connectivity index (χ2n) is 8.26. The molecule has 0 atom stereocenters. The van der Waals surface area contributed by atoms with E-state index in [4.69, 9.17) is 0 Å². The standard InChI is InChI=1S/C12H17.2C6H5.2FH.Sb/c1-9-7-6-8-11(10(9)2)12(3,4)5;2*1-2-4-6-5-3-1;;;/h7-8H,1-5H3;2*1-5H;2*1H;/q;;;;;+2/p-2. The van der Waals surface area contributed by atoms with Crippen LogP contribution in [0.5, 0.6) is 0 Å². The molecular weight excluding hydrogens is 448 g/mol. The summed E-state index contributed by atoms with van der Waals surface area (Å²) in [6.07, 6.45) is 0. The molecule has 0 aliphatic rings. The third kappa shape index (κ3) is 3.34. The molecule has 0 unspecified atom stereocenters. The van der Waals surface area contributed by atoms with Crippen molar-refractivity contribution < 1.29 is 5.63 Å². The topological polar surface area (TPSA) is 0 Å². The summed E-state index contributed by atoms with van der Waals surface area (Å²) >= 11 is -6.57. The SMILES string of the molecule is Cc1c[c]([Sb]([F])([F])([c]2ccccc2)[c]2ccccc2)cc(C(C)(C)C)c1C. The first kappa shape index (κ1) is 20.1. The molecule has 142 valence electrons. The Hall–Kier alpha value is -1.66. The van der Waals surface area contributed by atoms with E-state index in [1.807, 2.05) is 13.8 Å². The molecule has 0 fully saturated rings. The Bertz CT molecular complexity index is 911. The van der Waals surface area contributed by atoms with Crippen LogP contribution in [0.4, 0.5) is 5.63 Å². The van der Waals surface area contributed by atoms with E-state index in [2.05, 4.69) is 20.8 Å². The number of benzene rings is 3. The van der Waals surface area contributed by atoms with Crippen molar-refractivity contribution in [2.24, 2.45) is 0 Å². The zero-order valence-corrected chi connectivity index (χ0v) is 19.2. The molecule has 0 aromatic heterocycles. The number of rotatable bonds is 3. The van der Waals surface area contributed by atoms with Gasteiger partial charge in [0.1, 0.15) is 0 Å². The molecule has 0 saturated carbocycles. The van der Waals surface area contributed by atoms with Crippen LogP contribution in [0.25, 0.3) is 0 Å². The fraction of sp³-hybridized carbons (Fsp3) is 0.250. The summed E-state index contributed by atoms with van der Waals surface area (Å²) in [7, 11) is 0. The minimum atomic E-state index is -6.57. The summed E-state index contributed by atoms with van der Waals surface area (Å²) in [5, 5.41) is 0. The van der Waals surface area contributed by atoms with Crippen molar-refractivity contribution in [1.29, 1.82) is 0 Å². The molecular formula is C24H27F2Sb. The van der Waals surface area contributed by atoms with Crippen LogP contribution in [0.2, 0.25) is 0 Å². The van der Waals surface area contributed by atoms with Crippen LogP contribution in [0, 0.1) is 13.8 Å². The van der Waals surface area contributed by atoms with Gasteiger partial charge < -0.3 is 0 Å². The summed E-state index contributed by atoms with van der Waals surface area (Å²) in [4.78, 5) is 0. The molecule has 0 heterocycles. The molecule has 0 amide bonds. The van der Waals surface area contributed by atoms with Gasteiger partial charge in [-0.2, -0.15) is 0 Å². The fourth-order valence-corrected chi connectivity index (χ4v) is 12.4. The second-order valence-corrected chi connectivity index (χ2v) is 17.9. The van der Waals surface area contributed by atoms with E-state index in [1.54, 1.807) is 72.8 Å². The Kier molecular flexibility index (Phi) is 5.02. The maximum absolute atomic E-state index is 17.1. The average molecular weight is 475 g/mol. The van der Waals surface area contributed by atoms with E-state index in [9.17, 15) is 0 Å². The van der Waals surface area contributed by atoms with E-state index in [0.29, 0.717) is 0 Å². The van der Waals surface area contributed by atoms with Gasteiger partial charge >= 0.3 is 164 Å². The summed E-state index contributed by atoms with van der Waals surface area (Å²) in [6.45, 7) is 10.2. The molecule has 0 bridgehead atoms. The molecule has 27 heavy (non-hydrogen) atoms. The van der Waals surface area contributed by atoms with Gasteiger partial charge in [-0.3, -0.25) is 0 Å². The van der Waals surface area contributed by atoms with Crippen LogP contribution >= 0.6 is 0 Å². The van der Waals surface area contributed by atoms with Gasteiger partial charge in [-0.15, -0.1) is 0 Å². The van der Waals surface area contributed by atoms with E-state index < -0.39 is 18.6 Å². The quantitative estimate of drug-likeness (QED) is 0.470. The summed E-state index contributed by atoms with van der Waals surface area (Å²) < 4.78 is 34.8. The van der Waals surface area contributed by atoms with E-state index in [-0.39, 0.29) is 15.9 Å². The zero-order chi connectivity index (χ0) is 19.9. The first-order valence-corrected chi connectivity index (χ1v) is 15.0. The minimum absolute atomic E-state index is 0.180. The number of hydrogen-bond donors (Lipinski definition) is 0. The van der Waals surface area contributed by atoms with Gasteiger partial charge in [0.25, 0.3) is 0 Å². The van der Waals surface area contributed by atoms with Crippen LogP contribution in [0.15, 0.2) is 72.8 Å². The van der Waals surface area contributed by atoms with E-state index in [1.165, 1.54) is 0 Å². The molecule has 0 radical (unpaired) electrons. The van der Waals surface area contributed by atoms with Crippen LogP contribution in [-0.4, -0.2) is 18.6 Å². The predicted molar refractivity (Wildman–Crippen MR) is 114 cm³/mol. The third-order valence-electron chi connectivity index (χ3n) is 5.33. The monoisotopic (exact) mass is 474 g/mol. The van der Waals surface area contributed by atoms with E-state index in [0.717, 1.165) is 16.7 Å². The van der Waals surface area contributed by atoms with E-state index >= 15 is 5.63 Å². The average Bonchev–Trinajstić information content (AvgIpc) is 2.64. The zero-order valence-electron chi connectivity index (χ0n) is 16.6. The molecule has 0 N–H and O–H groups in total. The van der Waals surface area contributed by atoms with Gasteiger partial charge in [0.2, 0.25) is 0 Å². The van der Waals surface area contributed by atoms with Crippen LogP contribution in [0.3, 0.4) is 0 Å². The second kappa shape index (κ2) is 6.74. The van der Waals surface area contributed by atoms with Crippen molar-refractivity contribution >= 4 is 29.1 Å². The molecule has 3 aromatic rings. The predicted octanol–water partition coefficient (Wildman–Crippen LogP) is 4.96. The van der Waals surface area contributed by atoms with Gasteiger partial charge in [-0.25, -0.2) is 0 Å². The summed E-state index contributed by atoms with van der Waals surface area (Å²) in [6, 6.07) is 20.4. The molecule has 0 aliphatic heterocycles. The molecule has 0 saturated heterocycles. The van der Waals surface area contributed by atoms with Gasteiger partial charge in [-0.05, 0) is 0 Å². The van der Waals surface area contributed by atoms with Crippen LogP contribution < -0.4 is 10.5 Å². The number of halogens is 2. The Labute approximate surface area is 163 Å². The van der Waals surface area contributed by atoms with Crippen molar-refractivity contribution in [2.45, 2.75) is 40.0 Å². The number of hydrogen-bond acceptors (Lipinski definition) is 0. The Morgan fingerprint density at radius 3 is 1.52 bits per heavy atom. The first-order chi connectivity index (χ1) is 12.5. The molecule has 0 nitrogen and oxygen atoms in total. The van der Waals surface area contributed by atoms with Gasteiger partial charge in [0.05, 0.1) is 0 Å². The normalized spacial score (nSPS) is 13.8. The Balaban J connectivity index is 2.43. The molecule has 3 heteroatoms. The van der Waals surface area contributed by atoms with Crippen LogP contribution in [-0.2, 0) is 5.41 Å². The third-order valence-corrected chi connectivity index (χ3v) is 15.5. The van der Waals surface area contributed by atoms with Gasteiger partial charge in [0.15, 0.2) is 0 Å². The fourth-order valence-electron chi connectivity index (χ4n) is 3.67. The first-order valence-electron chi connectivity index (χ1n) is 9.23.